The maximum absolute atomic E-state index is 15.4. The number of pyridine rings is 1. The minimum absolute atomic E-state index is 0.0243. The van der Waals surface area contributed by atoms with Gasteiger partial charge in [0.05, 0.1) is 59.8 Å². The zero-order valence-electron chi connectivity index (χ0n) is 35.9. The molecule has 2 N–H and O–H groups in total. The maximum Gasteiger partial charge on any atom is 0.573 e. The Kier molecular flexibility index (Phi) is 11.4. The standard InChI is InChI=1S/C44H34Cl2F6N8O9/c1-56-31-18-34(68-3)33(67-2)17-29(31)54-28(38(56)63)11-12-57-40(65)58-13-10-24-30(60(58)41(57)66)16-26-37(62)59(55-36-27(46)14-21(19-53-36)43(47,48)49)39(64)42(26,20-4-6-22(45)7-5-20)35(24)25-15-23(8-9-32(25)61)69-44(50,51)52/h4-10,14-15,17-19,26,30,35,61H,11-13,16H2,1-3H3,(H,53,55). The van der Waals surface area contributed by atoms with Gasteiger partial charge < -0.3 is 23.9 Å². The Morgan fingerprint density at radius 3 is 2.26 bits per heavy atom. The molecule has 2 aliphatic heterocycles. The Labute approximate surface area is 393 Å². The molecule has 3 aromatic carbocycles. The highest BCUT2D eigenvalue weighted by Gasteiger charge is 2.69. The fraction of sp³-hybridized carbons (Fsp3) is 0.295. The summed E-state index contributed by atoms with van der Waals surface area (Å²) in [6, 6.07) is 10.3. The number of aryl methyl sites for hydroxylation is 2. The number of carbonyl (C=O) groups is 2. The van der Waals surface area contributed by atoms with Crippen molar-refractivity contribution in [3.8, 4) is 23.0 Å². The van der Waals surface area contributed by atoms with Gasteiger partial charge in [0.1, 0.15) is 17.2 Å². The number of hydrogen-bond donors (Lipinski definition) is 2. The molecule has 25 heteroatoms. The minimum Gasteiger partial charge on any atom is -0.508 e. The van der Waals surface area contributed by atoms with Crippen molar-refractivity contribution in [2.24, 2.45) is 13.0 Å². The second-order valence-electron chi connectivity index (χ2n) is 16.2. The van der Waals surface area contributed by atoms with E-state index in [0.717, 1.165) is 32.1 Å². The summed E-state index contributed by atoms with van der Waals surface area (Å²) < 4.78 is 101. The lowest BCUT2D eigenvalue weighted by Crippen LogP contribution is -2.53. The summed E-state index contributed by atoms with van der Waals surface area (Å²) in [5, 5.41) is 11.6. The van der Waals surface area contributed by atoms with Crippen molar-refractivity contribution >= 4 is 51.9 Å². The van der Waals surface area contributed by atoms with Gasteiger partial charge in [0.2, 0.25) is 0 Å². The van der Waals surface area contributed by atoms with E-state index in [0.29, 0.717) is 39.8 Å². The summed E-state index contributed by atoms with van der Waals surface area (Å²) in [5.41, 5.74) is -2.93. The number of imide groups is 1. The van der Waals surface area contributed by atoms with Crippen molar-refractivity contribution in [3.05, 3.63) is 142 Å². The molecule has 2 fully saturated rings. The lowest BCUT2D eigenvalue weighted by Gasteiger charge is -2.49. The number of allylic oxidation sites excluding steroid dienone is 2. The van der Waals surface area contributed by atoms with Crippen LogP contribution in [0.2, 0.25) is 10.0 Å². The van der Waals surface area contributed by atoms with E-state index in [1.807, 2.05) is 0 Å². The molecule has 9 rings (SSSR count). The summed E-state index contributed by atoms with van der Waals surface area (Å²) in [6.07, 6.45) is -8.94. The first-order chi connectivity index (χ1) is 32.6. The first kappa shape index (κ1) is 46.8. The number of alkyl halides is 6. The van der Waals surface area contributed by atoms with Crippen molar-refractivity contribution in [1.82, 2.24) is 33.5 Å². The summed E-state index contributed by atoms with van der Waals surface area (Å²) in [7, 11) is 4.34. The maximum atomic E-state index is 15.4. The molecule has 3 aromatic heterocycles. The Morgan fingerprint density at radius 2 is 1.61 bits per heavy atom. The summed E-state index contributed by atoms with van der Waals surface area (Å²) in [4.78, 5) is 81.1. The van der Waals surface area contributed by atoms with Gasteiger partial charge in [-0.05, 0) is 54.0 Å². The number of anilines is 1. The molecule has 0 spiro atoms. The molecule has 69 heavy (non-hydrogen) atoms. The average Bonchev–Trinajstić information content (AvgIpc) is 3.67. The van der Waals surface area contributed by atoms with Crippen LogP contribution < -0.4 is 36.6 Å². The van der Waals surface area contributed by atoms with Crippen LogP contribution in [0.4, 0.5) is 32.2 Å². The number of methoxy groups -OCH3 is 2. The fourth-order valence-corrected chi connectivity index (χ4v) is 10.0. The van der Waals surface area contributed by atoms with E-state index in [2.05, 4.69) is 20.1 Å². The predicted molar refractivity (Wildman–Crippen MR) is 232 cm³/mol. The molecule has 0 radical (unpaired) electrons. The number of carbonyl (C=O) groups excluding carboxylic acids is 2. The first-order valence-corrected chi connectivity index (χ1v) is 21.3. The number of ether oxygens (including phenoxy) is 3. The molecule has 4 atom stereocenters. The molecule has 5 heterocycles. The molecule has 1 aliphatic carbocycles. The number of benzene rings is 3. The zero-order chi connectivity index (χ0) is 49.6. The smallest absolute Gasteiger partial charge is 0.508 e. The number of nitrogens with one attached hydrogen (secondary N) is 1. The summed E-state index contributed by atoms with van der Waals surface area (Å²) in [6.45, 7) is -0.764. The molecule has 360 valence electrons. The highest BCUT2D eigenvalue weighted by molar-refractivity contribution is 6.33. The monoisotopic (exact) mass is 1000 g/mol. The van der Waals surface area contributed by atoms with Crippen LogP contribution >= 0.6 is 23.2 Å². The van der Waals surface area contributed by atoms with Gasteiger partial charge in [-0.15, -0.1) is 13.2 Å². The van der Waals surface area contributed by atoms with Crippen LogP contribution in [0, 0.1) is 5.92 Å². The van der Waals surface area contributed by atoms with Crippen LogP contribution in [-0.2, 0) is 47.7 Å². The van der Waals surface area contributed by atoms with Gasteiger partial charge in [-0.1, -0.05) is 41.4 Å². The number of phenolic OH excluding ortho intramolecular Hbond substituents is 1. The van der Waals surface area contributed by atoms with Crippen LogP contribution in [0.25, 0.3) is 11.0 Å². The molecule has 1 saturated carbocycles. The van der Waals surface area contributed by atoms with Gasteiger partial charge in [0.25, 0.3) is 17.4 Å². The number of fused-ring (bicyclic) bond motifs is 5. The zero-order valence-corrected chi connectivity index (χ0v) is 37.4. The largest absolute Gasteiger partial charge is 0.573 e. The number of hydrazine groups is 1. The number of amides is 2. The van der Waals surface area contributed by atoms with E-state index in [4.69, 9.17) is 32.7 Å². The molecular formula is C44H34Cl2F6N8O9. The van der Waals surface area contributed by atoms with Gasteiger partial charge in [-0.25, -0.2) is 33.5 Å². The minimum atomic E-state index is -5.24. The summed E-state index contributed by atoms with van der Waals surface area (Å²) >= 11 is 12.5. The Hall–Kier alpha value is -7.27. The van der Waals surface area contributed by atoms with Crippen molar-refractivity contribution in [2.75, 3.05) is 19.6 Å². The fourth-order valence-electron chi connectivity index (χ4n) is 9.68. The first-order valence-electron chi connectivity index (χ1n) is 20.5. The van der Waals surface area contributed by atoms with Crippen LogP contribution in [0.15, 0.2) is 92.9 Å². The van der Waals surface area contributed by atoms with E-state index < -0.39 is 98.9 Å². The van der Waals surface area contributed by atoms with Gasteiger partial charge in [0.15, 0.2) is 17.3 Å². The lowest BCUT2D eigenvalue weighted by molar-refractivity contribution is -0.274. The molecule has 3 aliphatic rings. The third-order valence-electron chi connectivity index (χ3n) is 12.7. The molecule has 2 amide bonds. The second kappa shape index (κ2) is 16.8. The topological polar surface area (TPSA) is 194 Å². The average molecular weight is 1000 g/mol. The molecule has 0 bridgehead atoms. The quantitative estimate of drug-likeness (QED) is 0.0891. The third-order valence-corrected chi connectivity index (χ3v) is 13.2. The van der Waals surface area contributed by atoms with Gasteiger partial charge in [-0.2, -0.15) is 18.2 Å². The number of rotatable bonds is 10. The Morgan fingerprint density at radius 1 is 0.913 bits per heavy atom. The second-order valence-corrected chi connectivity index (χ2v) is 17.1. The van der Waals surface area contributed by atoms with Crippen LogP contribution in [0.1, 0.15) is 40.8 Å². The van der Waals surface area contributed by atoms with E-state index in [9.17, 15) is 50.6 Å². The van der Waals surface area contributed by atoms with E-state index in [1.54, 1.807) is 12.1 Å². The molecular weight excluding hydrogens is 969 g/mol. The molecule has 1 saturated heterocycles. The molecule has 6 aromatic rings. The van der Waals surface area contributed by atoms with Crippen molar-refractivity contribution in [2.45, 2.75) is 55.8 Å². The molecule has 17 nitrogen and oxygen atoms in total. The van der Waals surface area contributed by atoms with Crippen LogP contribution in [0.3, 0.4) is 0 Å². The van der Waals surface area contributed by atoms with E-state index in [1.165, 1.54) is 56.2 Å². The van der Waals surface area contributed by atoms with E-state index >= 15 is 4.79 Å². The van der Waals surface area contributed by atoms with Gasteiger partial charge in [-0.3, -0.25) is 19.8 Å². The molecule has 4 unspecified atom stereocenters. The number of aromatic nitrogens is 6. The SMILES string of the molecule is COc1cc2nc(CCn3c(=O)n4n(c3=O)C3CC5C(=O)N(Nc6ncc(C(F)(F)F)cc6Cl)C(=O)C5(c5ccc(Cl)cc5)C(c5cc(OC(F)(F)F)ccc5O)C3=CC4)c(=O)n(C)c2cc1OC. The van der Waals surface area contributed by atoms with Gasteiger partial charge >= 0.3 is 23.9 Å². The van der Waals surface area contributed by atoms with Crippen LogP contribution in [0.5, 0.6) is 23.0 Å². The van der Waals surface area contributed by atoms with Crippen molar-refractivity contribution < 1.29 is 55.2 Å². The van der Waals surface area contributed by atoms with E-state index in [-0.39, 0.29) is 46.9 Å². The van der Waals surface area contributed by atoms with Crippen molar-refractivity contribution in [1.29, 1.82) is 0 Å². The number of hydrogen-bond acceptors (Lipinski definition) is 12. The summed E-state index contributed by atoms with van der Waals surface area (Å²) in [5.74, 6) is -6.87. The number of nitrogens with zero attached hydrogens (tertiary/aromatic N) is 7. The normalized spacial score (nSPS) is 20.1. The van der Waals surface area contributed by atoms with Crippen LogP contribution in [-0.4, -0.2) is 71.0 Å². The number of aromatic hydroxyl groups is 1. The lowest BCUT2D eigenvalue weighted by atomic mass is 9.53. The Bertz CT molecular complexity index is 3350. The number of phenols is 1. The highest BCUT2D eigenvalue weighted by atomic mass is 35.5. The Balaban J connectivity index is 1.20. The third kappa shape index (κ3) is 7.63. The van der Waals surface area contributed by atoms with Gasteiger partial charge in [0, 0.05) is 54.8 Å². The highest BCUT2D eigenvalue weighted by Crippen LogP contribution is 2.63. The van der Waals surface area contributed by atoms with Crippen molar-refractivity contribution in [3.63, 3.8) is 0 Å². The number of halogens is 8. The predicted octanol–water partition coefficient (Wildman–Crippen LogP) is 6.26.